The van der Waals surface area contributed by atoms with Crippen LogP contribution in [0.25, 0.3) is 11.3 Å². The normalized spacial score (nSPS) is 14.2. The third kappa shape index (κ3) is 3.09. The topological polar surface area (TPSA) is 53.5 Å². The van der Waals surface area contributed by atoms with Crippen molar-refractivity contribution in [3.8, 4) is 28.5 Å². The van der Waals surface area contributed by atoms with E-state index in [0.717, 1.165) is 27.0 Å². The third-order valence-electron chi connectivity index (χ3n) is 4.20. The molecule has 0 saturated heterocycles. The molecule has 0 saturated carbocycles. The van der Waals surface area contributed by atoms with E-state index in [1.807, 2.05) is 50.2 Å². The summed E-state index contributed by atoms with van der Waals surface area (Å²) >= 11 is 6.02. The molecule has 2 heterocycles. The molecule has 0 atom stereocenters. The van der Waals surface area contributed by atoms with Gasteiger partial charge >= 0.3 is 163 Å². The molecule has 1 aliphatic rings. The van der Waals surface area contributed by atoms with E-state index in [-0.39, 0.29) is 14.7 Å². The van der Waals surface area contributed by atoms with E-state index in [1.54, 1.807) is 7.11 Å². The van der Waals surface area contributed by atoms with Gasteiger partial charge in [0.05, 0.1) is 0 Å². The van der Waals surface area contributed by atoms with Crippen LogP contribution in [0.4, 0.5) is 0 Å². The Bertz CT molecular complexity index is 971. The predicted molar refractivity (Wildman–Crippen MR) is 100 cm³/mol. The van der Waals surface area contributed by atoms with Crippen LogP contribution >= 0.6 is 11.6 Å². The average Bonchev–Trinajstić information content (AvgIpc) is 3.10. The van der Waals surface area contributed by atoms with Gasteiger partial charge in [0.15, 0.2) is 0 Å². The molecule has 1 aliphatic heterocycles. The molecule has 0 radical (unpaired) electrons. The van der Waals surface area contributed by atoms with Crippen molar-refractivity contribution in [2.75, 3.05) is 7.11 Å². The summed E-state index contributed by atoms with van der Waals surface area (Å²) in [6.45, 7) is 4.47. The zero-order valence-corrected chi connectivity index (χ0v) is 17.0. The maximum absolute atomic E-state index is 6.23. The molecule has 0 aliphatic carbocycles. The number of hydrogen-bond acceptors (Lipinski definition) is 5. The maximum atomic E-state index is 6.23. The zero-order chi connectivity index (χ0) is 18.3. The van der Waals surface area contributed by atoms with Crippen LogP contribution in [0.1, 0.15) is 23.8 Å². The van der Waals surface area contributed by atoms with Gasteiger partial charge in [-0.3, -0.25) is 0 Å². The summed E-state index contributed by atoms with van der Waals surface area (Å²) in [7, 11) is 1.62. The van der Waals surface area contributed by atoms with E-state index in [0.29, 0.717) is 23.1 Å². The number of halogens is 1. The van der Waals surface area contributed by atoms with Gasteiger partial charge in [0.2, 0.25) is 0 Å². The van der Waals surface area contributed by atoms with E-state index >= 15 is 0 Å². The average molecular weight is 436 g/mol. The van der Waals surface area contributed by atoms with Gasteiger partial charge in [-0.25, -0.2) is 0 Å². The van der Waals surface area contributed by atoms with Crippen molar-refractivity contribution in [2.45, 2.75) is 26.1 Å². The van der Waals surface area contributed by atoms with Gasteiger partial charge < -0.3 is 0 Å². The Morgan fingerprint density at radius 2 is 2.04 bits per heavy atom. The molecule has 4 rings (SSSR count). The number of aromatic nitrogens is 2. The van der Waals surface area contributed by atoms with Crippen molar-refractivity contribution >= 4 is 26.3 Å². The molecule has 0 bridgehead atoms. The van der Waals surface area contributed by atoms with Gasteiger partial charge in [-0.05, 0) is 0 Å². The molecule has 26 heavy (non-hydrogen) atoms. The molecule has 2 aromatic carbocycles. The number of rotatable bonds is 4. The molecule has 0 spiro atoms. The van der Waals surface area contributed by atoms with Crippen LogP contribution in [0.15, 0.2) is 36.4 Å². The van der Waals surface area contributed by atoms with Gasteiger partial charge in [-0.1, -0.05) is 0 Å². The van der Waals surface area contributed by atoms with Gasteiger partial charge in [-0.15, -0.1) is 0 Å². The van der Waals surface area contributed by atoms with Crippen molar-refractivity contribution in [3.63, 3.8) is 0 Å². The zero-order valence-electron chi connectivity index (χ0n) is 14.6. The SMILES string of the molecule is COc1cc2c(cc1OCc1cccc(Cl)c1)OC(C)(C)c1[se]nnc1-2. The Labute approximate surface area is 162 Å². The van der Waals surface area contributed by atoms with Crippen LogP contribution in [0.2, 0.25) is 5.02 Å². The van der Waals surface area contributed by atoms with Crippen LogP contribution in [0.5, 0.6) is 17.2 Å². The van der Waals surface area contributed by atoms with Crippen LogP contribution in [-0.2, 0) is 12.2 Å². The minimum atomic E-state index is -0.426. The van der Waals surface area contributed by atoms with Crippen LogP contribution in [0, 0.1) is 0 Å². The molecule has 0 unspecified atom stereocenters. The van der Waals surface area contributed by atoms with Gasteiger partial charge in [-0.2, -0.15) is 0 Å². The van der Waals surface area contributed by atoms with Gasteiger partial charge in [0.25, 0.3) is 0 Å². The van der Waals surface area contributed by atoms with E-state index in [1.165, 1.54) is 0 Å². The summed E-state index contributed by atoms with van der Waals surface area (Å²) in [5, 5.41) is 5.03. The van der Waals surface area contributed by atoms with E-state index in [2.05, 4.69) is 9.19 Å². The molecule has 0 amide bonds. The molecular formula is C19H17ClN2O3Se. The van der Waals surface area contributed by atoms with E-state index in [4.69, 9.17) is 25.8 Å². The summed E-state index contributed by atoms with van der Waals surface area (Å²) in [4.78, 5) is 0. The van der Waals surface area contributed by atoms with Crippen molar-refractivity contribution in [3.05, 3.63) is 51.4 Å². The number of ether oxygens (including phenoxy) is 3. The Morgan fingerprint density at radius 3 is 2.81 bits per heavy atom. The molecule has 0 fully saturated rings. The van der Waals surface area contributed by atoms with Gasteiger partial charge in [0.1, 0.15) is 0 Å². The summed E-state index contributed by atoms with van der Waals surface area (Å²) in [5.74, 6) is 1.98. The molecule has 1 aromatic heterocycles. The first kappa shape index (κ1) is 17.4. The minimum absolute atomic E-state index is 0.0223. The first-order valence-electron chi connectivity index (χ1n) is 8.09. The second kappa shape index (κ2) is 6.62. The first-order chi connectivity index (χ1) is 12.5. The summed E-state index contributed by atoms with van der Waals surface area (Å²) in [6, 6.07) is 11.4. The number of hydrogen-bond donors (Lipinski definition) is 0. The van der Waals surface area contributed by atoms with Crippen molar-refractivity contribution in [1.82, 2.24) is 9.19 Å². The summed E-state index contributed by atoms with van der Waals surface area (Å²) < 4.78 is 23.1. The van der Waals surface area contributed by atoms with Crippen LogP contribution < -0.4 is 14.2 Å². The monoisotopic (exact) mass is 436 g/mol. The van der Waals surface area contributed by atoms with Crippen molar-refractivity contribution < 1.29 is 14.2 Å². The molecule has 3 aromatic rings. The Morgan fingerprint density at radius 1 is 1.19 bits per heavy atom. The van der Waals surface area contributed by atoms with Crippen LogP contribution in [0.3, 0.4) is 0 Å². The first-order valence-corrected chi connectivity index (χ1v) is 10.1. The second-order valence-electron chi connectivity index (χ2n) is 6.48. The molecule has 5 nitrogen and oxygen atoms in total. The third-order valence-corrected chi connectivity index (χ3v) is 6.60. The fourth-order valence-electron chi connectivity index (χ4n) is 2.95. The van der Waals surface area contributed by atoms with Crippen LogP contribution in [-0.4, -0.2) is 31.0 Å². The Kier molecular flexibility index (Phi) is 4.43. The summed E-state index contributed by atoms with van der Waals surface area (Å²) in [6.07, 6.45) is 0. The fraction of sp³-hybridized carbons (Fsp3) is 0.263. The number of fused-ring (bicyclic) bond motifs is 3. The summed E-state index contributed by atoms with van der Waals surface area (Å²) in [5.41, 5.74) is 2.35. The van der Waals surface area contributed by atoms with Gasteiger partial charge in [0, 0.05) is 0 Å². The quantitative estimate of drug-likeness (QED) is 0.578. The molecule has 134 valence electrons. The second-order valence-corrected chi connectivity index (χ2v) is 8.50. The Hall–Kier alpha value is -2.01. The predicted octanol–water partition coefficient (Wildman–Crippen LogP) is 4.07. The van der Waals surface area contributed by atoms with Crippen molar-refractivity contribution in [1.29, 1.82) is 0 Å². The number of methoxy groups -OCH3 is 1. The fourth-order valence-corrected chi connectivity index (χ4v) is 4.64. The van der Waals surface area contributed by atoms with E-state index in [9.17, 15) is 0 Å². The Balaban J connectivity index is 1.70. The molecular weight excluding hydrogens is 419 g/mol. The number of nitrogens with zero attached hydrogens (tertiary/aromatic N) is 2. The van der Waals surface area contributed by atoms with Crippen molar-refractivity contribution in [2.24, 2.45) is 0 Å². The van der Waals surface area contributed by atoms with E-state index < -0.39 is 5.60 Å². The molecule has 7 heteroatoms. The number of benzene rings is 2. The standard InChI is InChI=1S/C19H17ClN2O3Se/c1-19(2)18-17(21-22-26-18)13-8-15(23-3)16(9-14(13)25-19)24-10-11-5-4-6-12(20)7-11/h4-9H,10H2,1-3H3. The molecule has 0 N–H and O–H groups in total.